The predicted molar refractivity (Wildman–Crippen MR) is 86.6 cm³/mol. The maximum absolute atomic E-state index is 11.4. The maximum atomic E-state index is 11.4. The highest BCUT2D eigenvalue weighted by molar-refractivity contribution is 5.67. The SMILES string of the molecule is CN(CCNCCCNC(=O)OC(C)(C)C)C1CCCC1. The second-order valence-corrected chi connectivity index (χ2v) is 6.95. The van der Waals surface area contributed by atoms with Crippen molar-refractivity contribution in [1.29, 1.82) is 0 Å². The molecular weight excluding hydrogens is 266 g/mol. The molecule has 2 N–H and O–H groups in total. The van der Waals surface area contributed by atoms with Gasteiger partial charge in [0.1, 0.15) is 5.60 Å². The van der Waals surface area contributed by atoms with Gasteiger partial charge in [-0.05, 0) is 53.6 Å². The minimum atomic E-state index is -0.423. The molecule has 1 aliphatic carbocycles. The summed E-state index contributed by atoms with van der Waals surface area (Å²) in [5, 5.41) is 6.20. The van der Waals surface area contributed by atoms with Gasteiger partial charge in [-0.25, -0.2) is 4.79 Å². The summed E-state index contributed by atoms with van der Waals surface area (Å²) < 4.78 is 5.18. The van der Waals surface area contributed by atoms with E-state index in [-0.39, 0.29) is 6.09 Å². The monoisotopic (exact) mass is 299 g/mol. The molecule has 21 heavy (non-hydrogen) atoms. The molecule has 1 rings (SSSR count). The smallest absolute Gasteiger partial charge is 0.407 e. The molecule has 0 heterocycles. The lowest BCUT2D eigenvalue weighted by Crippen LogP contribution is -2.36. The Hall–Kier alpha value is -0.810. The number of rotatable bonds is 8. The Morgan fingerprint density at radius 1 is 1.19 bits per heavy atom. The Morgan fingerprint density at radius 3 is 2.48 bits per heavy atom. The Labute approximate surface area is 129 Å². The third-order valence-corrected chi connectivity index (χ3v) is 3.79. The summed E-state index contributed by atoms with van der Waals surface area (Å²) >= 11 is 0. The summed E-state index contributed by atoms with van der Waals surface area (Å²) in [5.74, 6) is 0. The van der Waals surface area contributed by atoms with Crippen LogP contribution in [0.15, 0.2) is 0 Å². The third-order valence-electron chi connectivity index (χ3n) is 3.79. The standard InChI is InChI=1S/C16H33N3O2/c1-16(2,3)21-15(20)18-11-7-10-17-12-13-19(4)14-8-5-6-9-14/h14,17H,5-13H2,1-4H3,(H,18,20). The topological polar surface area (TPSA) is 53.6 Å². The molecule has 1 saturated carbocycles. The Balaban J connectivity index is 1.91. The van der Waals surface area contributed by atoms with Crippen LogP contribution in [0.5, 0.6) is 0 Å². The van der Waals surface area contributed by atoms with Crippen LogP contribution in [0.4, 0.5) is 4.79 Å². The quantitative estimate of drug-likeness (QED) is 0.676. The van der Waals surface area contributed by atoms with Crippen LogP contribution in [-0.2, 0) is 4.74 Å². The Bertz CT molecular complexity index is 296. The molecule has 5 heteroatoms. The van der Waals surface area contributed by atoms with Crippen molar-refractivity contribution in [1.82, 2.24) is 15.5 Å². The molecule has 0 saturated heterocycles. The number of carbonyl (C=O) groups excluding carboxylic acids is 1. The van der Waals surface area contributed by atoms with Gasteiger partial charge in [0, 0.05) is 25.7 Å². The van der Waals surface area contributed by atoms with Crippen molar-refractivity contribution in [2.45, 2.75) is 64.5 Å². The average Bonchev–Trinajstić information content (AvgIpc) is 2.89. The first-order chi connectivity index (χ1) is 9.88. The van der Waals surface area contributed by atoms with Gasteiger partial charge in [-0.3, -0.25) is 0 Å². The highest BCUT2D eigenvalue weighted by Gasteiger charge is 2.18. The van der Waals surface area contributed by atoms with Gasteiger partial charge >= 0.3 is 6.09 Å². The Morgan fingerprint density at radius 2 is 1.86 bits per heavy atom. The first-order valence-corrected chi connectivity index (χ1v) is 8.26. The largest absolute Gasteiger partial charge is 0.444 e. The van der Waals surface area contributed by atoms with Gasteiger partial charge in [-0.1, -0.05) is 12.8 Å². The molecule has 0 aromatic carbocycles. The van der Waals surface area contributed by atoms with Crippen molar-refractivity contribution in [3.05, 3.63) is 0 Å². The molecule has 0 aliphatic heterocycles. The average molecular weight is 299 g/mol. The second-order valence-electron chi connectivity index (χ2n) is 6.95. The summed E-state index contributed by atoms with van der Waals surface area (Å²) in [6.45, 7) is 9.30. The first kappa shape index (κ1) is 18.2. The van der Waals surface area contributed by atoms with Crippen molar-refractivity contribution >= 4 is 6.09 Å². The highest BCUT2D eigenvalue weighted by Crippen LogP contribution is 2.21. The fourth-order valence-electron chi connectivity index (χ4n) is 2.63. The number of alkyl carbamates (subject to hydrolysis) is 1. The summed E-state index contributed by atoms with van der Waals surface area (Å²) in [6.07, 6.45) is 6.08. The fourth-order valence-corrected chi connectivity index (χ4v) is 2.63. The molecule has 1 aliphatic rings. The molecule has 0 aromatic rings. The molecular formula is C16H33N3O2. The van der Waals surface area contributed by atoms with Crippen LogP contribution in [-0.4, -0.2) is 55.9 Å². The van der Waals surface area contributed by atoms with Crippen LogP contribution in [0.25, 0.3) is 0 Å². The molecule has 0 bridgehead atoms. The van der Waals surface area contributed by atoms with Gasteiger partial charge < -0.3 is 20.3 Å². The zero-order valence-electron chi connectivity index (χ0n) is 14.2. The van der Waals surface area contributed by atoms with Crippen molar-refractivity contribution < 1.29 is 9.53 Å². The molecule has 0 unspecified atom stereocenters. The van der Waals surface area contributed by atoms with E-state index in [9.17, 15) is 4.79 Å². The van der Waals surface area contributed by atoms with Crippen LogP contribution in [0.1, 0.15) is 52.9 Å². The van der Waals surface area contributed by atoms with E-state index in [1.54, 1.807) is 0 Å². The lowest BCUT2D eigenvalue weighted by Gasteiger charge is -2.24. The van der Waals surface area contributed by atoms with Crippen LogP contribution < -0.4 is 10.6 Å². The van der Waals surface area contributed by atoms with E-state index in [2.05, 4.69) is 22.6 Å². The number of hydrogen-bond acceptors (Lipinski definition) is 4. The number of amides is 1. The molecule has 0 spiro atoms. The van der Waals surface area contributed by atoms with Gasteiger partial charge in [-0.15, -0.1) is 0 Å². The van der Waals surface area contributed by atoms with Crippen molar-refractivity contribution in [3.63, 3.8) is 0 Å². The normalized spacial score (nSPS) is 16.4. The molecule has 0 aromatic heterocycles. The van der Waals surface area contributed by atoms with E-state index < -0.39 is 5.60 Å². The molecule has 124 valence electrons. The summed E-state index contributed by atoms with van der Waals surface area (Å²) in [6, 6.07) is 0.792. The maximum Gasteiger partial charge on any atom is 0.407 e. The van der Waals surface area contributed by atoms with Crippen LogP contribution in [0.3, 0.4) is 0 Å². The molecule has 5 nitrogen and oxygen atoms in total. The number of nitrogens with one attached hydrogen (secondary N) is 2. The van der Waals surface area contributed by atoms with Crippen molar-refractivity contribution in [3.8, 4) is 0 Å². The van der Waals surface area contributed by atoms with Crippen molar-refractivity contribution in [2.75, 3.05) is 33.2 Å². The van der Waals surface area contributed by atoms with E-state index >= 15 is 0 Å². The molecule has 0 radical (unpaired) electrons. The van der Waals surface area contributed by atoms with Gasteiger partial charge in [0.15, 0.2) is 0 Å². The van der Waals surface area contributed by atoms with E-state index in [4.69, 9.17) is 4.74 Å². The predicted octanol–water partition coefficient (Wildman–Crippen LogP) is 2.37. The minimum Gasteiger partial charge on any atom is -0.444 e. The lowest BCUT2D eigenvalue weighted by molar-refractivity contribution is 0.0527. The molecule has 1 amide bonds. The van der Waals surface area contributed by atoms with E-state index in [1.165, 1.54) is 25.7 Å². The minimum absolute atomic E-state index is 0.330. The first-order valence-electron chi connectivity index (χ1n) is 8.26. The lowest BCUT2D eigenvalue weighted by atomic mass is 10.2. The van der Waals surface area contributed by atoms with E-state index in [1.807, 2.05) is 20.8 Å². The summed E-state index contributed by atoms with van der Waals surface area (Å²) in [4.78, 5) is 13.9. The fraction of sp³-hybridized carbons (Fsp3) is 0.938. The number of nitrogens with zero attached hydrogens (tertiary/aromatic N) is 1. The van der Waals surface area contributed by atoms with Crippen molar-refractivity contribution in [2.24, 2.45) is 0 Å². The summed E-state index contributed by atoms with van der Waals surface area (Å²) in [7, 11) is 2.22. The molecule has 0 atom stereocenters. The number of ether oxygens (including phenoxy) is 1. The van der Waals surface area contributed by atoms with Gasteiger partial charge in [-0.2, -0.15) is 0 Å². The zero-order valence-corrected chi connectivity index (χ0v) is 14.2. The van der Waals surface area contributed by atoms with Crippen LogP contribution in [0.2, 0.25) is 0 Å². The van der Waals surface area contributed by atoms with Crippen LogP contribution >= 0.6 is 0 Å². The van der Waals surface area contributed by atoms with Gasteiger partial charge in [0.2, 0.25) is 0 Å². The second kappa shape index (κ2) is 9.26. The third kappa shape index (κ3) is 8.94. The summed E-state index contributed by atoms with van der Waals surface area (Å²) in [5.41, 5.74) is -0.423. The van der Waals surface area contributed by atoms with Gasteiger partial charge in [0.25, 0.3) is 0 Å². The van der Waals surface area contributed by atoms with E-state index in [0.717, 1.165) is 32.1 Å². The zero-order chi connectivity index (χ0) is 15.7. The molecule has 1 fully saturated rings. The number of hydrogen-bond donors (Lipinski definition) is 2. The number of likely N-dealkylation sites (N-methyl/N-ethyl adjacent to an activating group) is 1. The van der Waals surface area contributed by atoms with Crippen LogP contribution in [0, 0.1) is 0 Å². The highest BCUT2D eigenvalue weighted by atomic mass is 16.6. The Kier molecular flexibility index (Phi) is 8.04. The van der Waals surface area contributed by atoms with E-state index in [0.29, 0.717) is 6.54 Å². The van der Waals surface area contributed by atoms with Gasteiger partial charge in [0.05, 0.1) is 0 Å². The number of carbonyl (C=O) groups is 1.